The fourth-order valence-corrected chi connectivity index (χ4v) is 3.13. The van der Waals surface area contributed by atoms with E-state index < -0.39 is 0 Å². The highest BCUT2D eigenvalue weighted by Crippen LogP contribution is 2.27. The van der Waals surface area contributed by atoms with Crippen molar-refractivity contribution in [3.8, 4) is 16.3 Å². The van der Waals surface area contributed by atoms with Crippen LogP contribution in [0.15, 0.2) is 29.6 Å². The lowest BCUT2D eigenvalue weighted by molar-refractivity contribution is -0.130. The first-order valence-electron chi connectivity index (χ1n) is 7.54. The van der Waals surface area contributed by atoms with Gasteiger partial charge in [-0.1, -0.05) is 12.1 Å². The number of carbonyl (C=O) groups excluding carboxylic acids is 1. The average molecular weight is 318 g/mol. The van der Waals surface area contributed by atoms with Crippen molar-refractivity contribution < 1.29 is 9.53 Å². The Morgan fingerprint density at radius 1 is 1.32 bits per heavy atom. The van der Waals surface area contributed by atoms with Gasteiger partial charge in [-0.15, -0.1) is 11.3 Å². The van der Waals surface area contributed by atoms with Gasteiger partial charge in [0.1, 0.15) is 10.8 Å². The molecule has 1 heterocycles. The third-order valence-electron chi connectivity index (χ3n) is 3.58. The molecule has 0 radical (unpaired) electrons. The molecule has 0 bridgehead atoms. The maximum atomic E-state index is 12.0. The molecule has 0 N–H and O–H groups in total. The minimum absolute atomic E-state index is 0.195. The number of hydrogen-bond acceptors (Lipinski definition) is 4. The van der Waals surface area contributed by atoms with Crippen LogP contribution in [0.3, 0.4) is 0 Å². The van der Waals surface area contributed by atoms with E-state index in [4.69, 9.17) is 4.74 Å². The molecule has 0 saturated carbocycles. The van der Waals surface area contributed by atoms with E-state index in [0.717, 1.165) is 35.1 Å². The second-order valence-electron chi connectivity index (χ2n) is 4.94. The van der Waals surface area contributed by atoms with Crippen molar-refractivity contribution in [1.29, 1.82) is 0 Å². The Kier molecular flexibility index (Phi) is 5.95. The van der Waals surface area contributed by atoms with E-state index in [1.165, 1.54) is 0 Å². The van der Waals surface area contributed by atoms with E-state index in [-0.39, 0.29) is 5.91 Å². The number of ether oxygens (including phenoxy) is 1. The number of rotatable bonds is 7. The molecule has 0 fully saturated rings. The first kappa shape index (κ1) is 16.5. The molecular weight excluding hydrogens is 296 g/mol. The molecule has 22 heavy (non-hydrogen) atoms. The number of aromatic nitrogens is 1. The van der Waals surface area contributed by atoms with Crippen LogP contribution in [0, 0.1) is 0 Å². The topological polar surface area (TPSA) is 42.4 Å². The van der Waals surface area contributed by atoms with Gasteiger partial charge in [0.15, 0.2) is 0 Å². The normalized spacial score (nSPS) is 10.5. The van der Waals surface area contributed by atoms with Gasteiger partial charge in [0.2, 0.25) is 5.91 Å². The number of nitrogens with zero attached hydrogens (tertiary/aromatic N) is 2. The zero-order valence-corrected chi connectivity index (χ0v) is 14.2. The smallest absolute Gasteiger partial charge is 0.222 e. The number of carbonyl (C=O) groups is 1. The van der Waals surface area contributed by atoms with E-state index in [1.54, 1.807) is 18.4 Å². The highest BCUT2D eigenvalue weighted by Gasteiger charge is 2.11. The monoisotopic (exact) mass is 318 g/mol. The molecule has 0 unspecified atom stereocenters. The van der Waals surface area contributed by atoms with E-state index in [0.29, 0.717) is 12.8 Å². The summed E-state index contributed by atoms with van der Waals surface area (Å²) >= 11 is 1.60. The molecule has 1 amide bonds. The van der Waals surface area contributed by atoms with Gasteiger partial charge in [0, 0.05) is 30.5 Å². The number of hydrogen-bond donors (Lipinski definition) is 0. The predicted molar refractivity (Wildman–Crippen MR) is 90.4 cm³/mol. The van der Waals surface area contributed by atoms with E-state index in [2.05, 4.69) is 4.98 Å². The second-order valence-corrected chi connectivity index (χ2v) is 5.80. The third kappa shape index (κ3) is 4.07. The Bertz CT molecular complexity index is 621. The molecule has 1 aromatic carbocycles. The number of thiazole rings is 1. The summed E-state index contributed by atoms with van der Waals surface area (Å²) < 4.78 is 5.24. The zero-order valence-electron chi connectivity index (χ0n) is 13.3. The van der Waals surface area contributed by atoms with E-state index in [1.807, 2.05) is 48.4 Å². The Hall–Kier alpha value is -1.88. The van der Waals surface area contributed by atoms with Crippen molar-refractivity contribution in [2.24, 2.45) is 0 Å². The maximum Gasteiger partial charge on any atom is 0.222 e. The van der Waals surface area contributed by atoms with Crippen LogP contribution >= 0.6 is 11.3 Å². The van der Waals surface area contributed by atoms with Crippen LogP contribution in [-0.2, 0) is 11.2 Å². The summed E-state index contributed by atoms with van der Waals surface area (Å²) in [5, 5.41) is 2.99. The van der Waals surface area contributed by atoms with Gasteiger partial charge in [0.25, 0.3) is 0 Å². The molecule has 2 rings (SSSR count). The number of amides is 1. The van der Waals surface area contributed by atoms with Crippen molar-refractivity contribution in [1.82, 2.24) is 9.88 Å². The Morgan fingerprint density at radius 3 is 2.77 bits per heavy atom. The molecule has 0 saturated heterocycles. The fraction of sp³-hybridized carbons (Fsp3) is 0.412. The third-order valence-corrected chi connectivity index (χ3v) is 4.52. The summed E-state index contributed by atoms with van der Waals surface area (Å²) in [6.07, 6.45) is 1.21. The summed E-state index contributed by atoms with van der Waals surface area (Å²) in [4.78, 5) is 18.5. The lowest BCUT2D eigenvalue weighted by Gasteiger charge is -2.17. The molecule has 0 aliphatic heterocycles. The highest BCUT2D eigenvalue weighted by atomic mass is 32.1. The van der Waals surface area contributed by atoms with Gasteiger partial charge in [-0.3, -0.25) is 4.79 Å². The minimum atomic E-state index is 0.195. The number of methoxy groups -OCH3 is 1. The van der Waals surface area contributed by atoms with Crippen LogP contribution in [0.1, 0.15) is 26.0 Å². The molecule has 5 heteroatoms. The van der Waals surface area contributed by atoms with Crippen LogP contribution in [0.4, 0.5) is 0 Å². The first-order chi connectivity index (χ1) is 10.7. The van der Waals surface area contributed by atoms with Gasteiger partial charge in [-0.25, -0.2) is 4.98 Å². The summed E-state index contributed by atoms with van der Waals surface area (Å²) in [6.45, 7) is 5.54. The van der Waals surface area contributed by atoms with Crippen LogP contribution < -0.4 is 4.74 Å². The fourth-order valence-electron chi connectivity index (χ4n) is 2.28. The molecule has 1 aromatic heterocycles. The average Bonchev–Trinajstić information content (AvgIpc) is 3.03. The SMILES string of the molecule is CCN(CC)C(=O)CCc1csc(-c2cccc(OC)c2)n1. The second kappa shape index (κ2) is 7.94. The van der Waals surface area contributed by atoms with Crippen LogP contribution in [-0.4, -0.2) is 36.0 Å². The summed E-state index contributed by atoms with van der Waals surface area (Å²) in [7, 11) is 1.66. The Morgan fingerprint density at radius 2 is 2.09 bits per heavy atom. The quantitative estimate of drug-likeness (QED) is 0.783. The van der Waals surface area contributed by atoms with Crippen LogP contribution in [0.2, 0.25) is 0 Å². The van der Waals surface area contributed by atoms with Crippen molar-refractivity contribution in [2.75, 3.05) is 20.2 Å². The van der Waals surface area contributed by atoms with Gasteiger partial charge >= 0.3 is 0 Å². The standard InChI is InChI=1S/C17H22N2O2S/c1-4-19(5-2)16(20)10-9-14-12-22-17(18-14)13-7-6-8-15(11-13)21-3/h6-8,11-12H,4-5,9-10H2,1-3H3. The largest absolute Gasteiger partial charge is 0.497 e. The van der Waals surface area contributed by atoms with Gasteiger partial charge < -0.3 is 9.64 Å². The number of benzene rings is 1. The summed E-state index contributed by atoms with van der Waals surface area (Å²) in [6, 6.07) is 7.87. The van der Waals surface area contributed by atoms with Gasteiger partial charge in [-0.05, 0) is 32.4 Å². The molecular formula is C17H22N2O2S. The Labute approximate surface area is 135 Å². The number of aryl methyl sites for hydroxylation is 1. The van der Waals surface area contributed by atoms with Crippen molar-refractivity contribution in [3.05, 3.63) is 35.3 Å². The molecule has 0 atom stereocenters. The highest BCUT2D eigenvalue weighted by molar-refractivity contribution is 7.13. The van der Waals surface area contributed by atoms with E-state index in [9.17, 15) is 4.79 Å². The molecule has 118 valence electrons. The minimum Gasteiger partial charge on any atom is -0.497 e. The van der Waals surface area contributed by atoms with E-state index >= 15 is 0 Å². The van der Waals surface area contributed by atoms with Crippen LogP contribution in [0.5, 0.6) is 5.75 Å². The molecule has 0 aliphatic carbocycles. The van der Waals surface area contributed by atoms with Gasteiger partial charge in [0.05, 0.1) is 12.8 Å². The van der Waals surface area contributed by atoms with Gasteiger partial charge in [-0.2, -0.15) is 0 Å². The van der Waals surface area contributed by atoms with Crippen molar-refractivity contribution in [3.63, 3.8) is 0 Å². The molecule has 0 aliphatic rings. The molecule has 4 nitrogen and oxygen atoms in total. The lowest BCUT2D eigenvalue weighted by Crippen LogP contribution is -2.30. The predicted octanol–water partition coefficient (Wildman–Crippen LogP) is 3.62. The first-order valence-corrected chi connectivity index (χ1v) is 8.42. The maximum absolute atomic E-state index is 12.0. The van der Waals surface area contributed by atoms with Crippen LogP contribution in [0.25, 0.3) is 10.6 Å². The molecule has 0 spiro atoms. The summed E-state index contributed by atoms with van der Waals surface area (Å²) in [5.74, 6) is 1.02. The Balaban J connectivity index is 2.01. The molecule has 2 aromatic rings. The summed E-state index contributed by atoms with van der Waals surface area (Å²) in [5.41, 5.74) is 2.02. The van der Waals surface area contributed by atoms with Crippen molar-refractivity contribution >= 4 is 17.2 Å². The zero-order chi connectivity index (χ0) is 15.9. The van der Waals surface area contributed by atoms with Crippen molar-refractivity contribution in [2.45, 2.75) is 26.7 Å². The lowest BCUT2D eigenvalue weighted by atomic mass is 10.2.